The van der Waals surface area contributed by atoms with Crippen molar-refractivity contribution in [2.75, 3.05) is 6.66 Å². The van der Waals surface area contributed by atoms with E-state index in [2.05, 4.69) is 32.0 Å². The molecule has 0 spiro atoms. The number of aryl methyl sites for hydroxylation is 2. The molecular formula is C9H13OP. The average molecular weight is 168 g/mol. The third-order valence-corrected chi connectivity index (χ3v) is 1.85. The molecule has 1 nitrogen and oxygen atoms in total. The quantitative estimate of drug-likeness (QED) is 0.617. The van der Waals surface area contributed by atoms with Crippen LogP contribution in [0.4, 0.5) is 0 Å². The summed E-state index contributed by atoms with van der Waals surface area (Å²) in [5, 5.41) is 0. The summed E-state index contributed by atoms with van der Waals surface area (Å²) in [5.41, 5.74) is 2.52. The molecule has 0 aliphatic heterocycles. The lowest BCUT2D eigenvalue weighted by Gasteiger charge is -2.04. The molecule has 11 heavy (non-hydrogen) atoms. The fraction of sp³-hybridized carbons (Fsp3) is 0.333. The van der Waals surface area contributed by atoms with Crippen LogP contribution in [0.3, 0.4) is 0 Å². The summed E-state index contributed by atoms with van der Waals surface area (Å²) in [5.74, 6) is 0.989. The Morgan fingerprint density at radius 3 is 2.09 bits per heavy atom. The van der Waals surface area contributed by atoms with Crippen molar-refractivity contribution in [1.29, 1.82) is 0 Å². The van der Waals surface area contributed by atoms with E-state index < -0.39 is 0 Å². The monoisotopic (exact) mass is 168 g/mol. The average Bonchev–Trinajstić information content (AvgIpc) is 1.85. The lowest BCUT2D eigenvalue weighted by molar-refractivity contribution is 0.634. The first kappa shape index (κ1) is 8.55. The molecule has 0 aromatic heterocycles. The zero-order valence-electron chi connectivity index (χ0n) is 7.14. The second-order valence-electron chi connectivity index (χ2n) is 2.63. The highest BCUT2D eigenvalue weighted by Gasteiger charge is 1.94. The van der Waals surface area contributed by atoms with E-state index in [-0.39, 0.29) is 0 Å². The first-order valence-corrected chi connectivity index (χ1v) is 5.05. The van der Waals surface area contributed by atoms with Crippen molar-refractivity contribution in [3.63, 3.8) is 0 Å². The summed E-state index contributed by atoms with van der Waals surface area (Å²) in [4.78, 5) is 0. The van der Waals surface area contributed by atoms with Gasteiger partial charge in [-0.1, -0.05) is 6.07 Å². The van der Waals surface area contributed by atoms with Crippen molar-refractivity contribution in [3.05, 3.63) is 29.3 Å². The summed E-state index contributed by atoms with van der Waals surface area (Å²) in [7, 11) is 0.528. The van der Waals surface area contributed by atoms with E-state index in [1.54, 1.807) is 0 Å². The van der Waals surface area contributed by atoms with E-state index in [0.29, 0.717) is 8.81 Å². The maximum Gasteiger partial charge on any atom is 0.123 e. The van der Waals surface area contributed by atoms with E-state index >= 15 is 0 Å². The Morgan fingerprint density at radius 2 is 1.64 bits per heavy atom. The van der Waals surface area contributed by atoms with Gasteiger partial charge in [-0.3, -0.25) is 0 Å². The minimum Gasteiger partial charge on any atom is -0.477 e. The molecule has 0 heterocycles. The summed E-state index contributed by atoms with van der Waals surface area (Å²) in [6, 6.07) is 6.26. The van der Waals surface area contributed by atoms with E-state index in [0.717, 1.165) is 5.75 Å². The van der Waals surface area contributed by atoms with Crippen LogP contribution in [0.5, 0.6) is 5.75 Å². The smallest absolute Gasteiger partial charge is 0.123 e. The molecule has 0 saturated heterocycles. The van der Waals surface area contributed by atoms with Gasteiger partial charge in [0.1, 0.15) is 5.75 Å². The Balaban J connectivity index is 2.89. The second kappa shape index (κ2) is 3.73. The number of benzene rings is 1. The van der Waals surface area contributed by atoms with Gasteiger partial charge in [0.05, 0.1) is 8.81 Å². The fourth-order valence-electron chi connectivity index (χ4n) is 1.11. The van der Waals surface area contributed by atoms with Crippen LogP contribution in [0.1, 0.15) is 11.1 Å². The van der Waals surface area contributed by atoms with Crippen molar-refractivity contribution in [3.8, 4) is 5.75 Å². The molecule has 1 unspecified atom stereocenters. The van der Waals surface area contributed by atoms with Gasteiger partial charge < -0.3 is 4.52 Å². The van der Waals surface area contributed by atoms with E-state index in [4.69, 9.17) is 4.52 Å². The molecule has 1 atom stereocenters. The van der Waals surface area contributed by atoms with Crippen LogP contribution in [0.15, 0.2) is 18.2 Å². The summed E-state index contributed by atoms with van der Waals surface area (Å²) in [6.07, 6.45) is 0. The minimum atomic E-state index is 0.528. The third kappa shape index (κ3) is 2.51. The fourth-order valence-corrected chi connectivity index (χ4v) is 1.46. The van der Waals surface area contributed by atoms with Gasteiger partial charge in [0.25, 0.3) is 0 Å². The zero-order valence-corrected chi connectivity index (χ0v) is 8.14. The van der Waals surface area contributed by atoms with Crippen LogP contribution in [-0.4, -0.2) is 6.66 Å². The SMILES string of the molecule is CPOc1cc(C)cc(C)c1. The highest BCUT2D eigenvalue weighted by atomic mass is 31.1. The topological polar surface area (TPSA) is 9.23 Å². The summed E-state index contributed by atoms with van der Waals surface area (Å²) in [6.45, 7) is 6.19. The molecule has 60 valence electrons. The van der Waals surface area contributed by atoms with Crippen molar-refractivity contribution in [2.45, 2.75) is 13.8 Å². The predicted octanol–water partition coefficient (Wildman–Crippen LogP) is 2.91. The van der Waals surface area contributed by atoms with E-state index in [9.17, 15) is 0 Å². The normalized spacial score (nSPS) is 10.8. The van der Waals surface area contributed by atoms with Crippen LogP contribution in [0, 0.1) is 13.8 Å². The largest absolute Gasteiger partial charge is 0.477 e. The molecule has 0 bridgehead atoms. The first-order chi connectivity index (χ1) is 5.22. The molecule has 1 rings (SSSR count). The highest BCUT2D eigenvalue weighted by Crippen LogP contribution is 2.21. The molecule has 0 radical (unpaired) electrons. The van der Waals surface area contributed by atoms with Crippen molar-refractivity contribution < 1.29 is 4.52 Å². The predicted molar refractivity (Wildman–Crippen MR) is 50.8 cm³/mol. The molecule has 2 heteroatoms. The zero-order chi connectivity index (χ0) is 8.27. The summed E-state index contributed by atoms with van der Waals surface area (Å²) >= 11 is 0. The molecule has 0 saturated carbocycles. The minimum absolute atomic E-state index is 0.528. The molecule has 0 amide bonds. The first-order valence-electron chi connectivity index (χ1n) is 3.64. The van der Waals surface area contributed by atoms with Gasteiger partial charge in [0.15, 0.2) is 0 Å². The molecule has 0 aliphatic carbocycles. The van der Waals surface area contributed by atoms with E-state index in [1.807, 2.05) is 6.66 Å². The molecule has 1 aromatic rings. The van der Waals surface area contributed by atoms with Crippen LogP contribution < -0.4 is 4.52 Å². The highest BCUT2D eigenvalue weighted by molar-refractivity contribution is 7.31. The van der Waals surface area contributed by atoms with Gasteiger partial charge in [0.2, 0.25) is 0 Å². The molecule has 0 fully saturated rings. The van der Waals surface area contributed by atoms with Crippen molar-refractivity contribution >= 4 is 8.81 Å². The van der Waals surface area contributed by atoms with Crippen LogP contribution in [0.25, 0.3) is 0 Å². The van der Waals surface area contributed by atoms with Gasteiger partial charge in [-0.15, -0.1) is 0 Å². The number of rotatable bonds is 2. The van der Waals surface area contributed by atoms with Gasteiger partial charge in [-0.25, -0.2) is 0 Å². The van der Waals surface area contributed by atoms with Crippen LogP contribution in [0.2, 0.25) is 0 Å². The van der Waals surface area contributed by atoms with Gasteiger partial charge in [-0.05, 0) is 43.8 Å². The van der Waals surface area contributed by atoms with E-state index in [1.165, 1.54) is 11.1 Å². The molecule has 0 aliphatic rings. The lowest BCUT2D eigenvalue weighted by Crippen LogP contribution is -1.81. The van der Waals surface area contributed by atoms with Gasteiger partial charge in [-0.2, -0.15) is 0 Å². The second-order valence-corrected chi connectivity index (χ2v) is 3.24. The Bertz CT molecular complexity index is 225. The van der Waals surface area contributed by atoms with Crippen molar-refractivity contribution in [1.82, 2.24) is 0 Å². The van der Waals surface area contributed by atoms with Crippen molar-refractivity contribution in [2.24, 2.45) is 0 Å². The van der Waals surface area contributed by atoms with Crippen LogP contribution in [-0.2, 0) is 0 Å². The Kier molecular flexibility index (Phi) is 2.90. The van der Waals surface area contributed by atoms with Gasteiger partial charge in [0, 0.05) is 0 Å². The third-order valence-electron chi connectivity index (χ3n) is 1.42. The van der Waals surface area contributed by atoms with Gasteiger partial charge >= 0.3 is 0 Å². The Labute approximate surface area is 69.6 Å². The standard InChI is InChI=1S/C9H13OP/c1-7-4-8(2)6-9(5-7)10-11-3/h4-6,11H,1-3H3. The Morgan fingerprint density at radius 1 is 1.09 bits per heavy atom. The molecule has 1 aromatic carbocycles. The Hall–Kier alpha value is -0.550. The summed E-state index contributed by atoms with van der Waals surface area (Å²) < 4.78 is 5.40. The maximum absolute atomic E-state index is 5.40. The maximum atomic E-state index is 5.40. The number of hydrogen-bond acceptors (Lipinski definition) is 1. The molecule has 0 N–H and O–H groups in total. The lowest BCUT2D eigenvalue weighted by atomic mass is 10.1. The number of hydrogen-bond donors (Lipinski definition) is 0. The van der Waals surface area contributed by atoms with Crippen LogP contribution >= 0.6 is 8.81 Å². The molecular weight excluding hydrogens is 155 g/mol.